The van der Waals surface area contributed by atoms with Crippen molar-refractivity contribution in [2.75, 3.05) is 13.2 Å². The molecule has 0 aromatic heterocycles. The Morgan fingerprint density at radius 1 is 0.708 bits per heavy atom. The molecule has 0 spiro atoms. The summed E-state index contributed by atoms with van der Waals surface area (Å²) in [4.78, 5) is 0. The van der Waals surface area contributed by atoms with Gasteiger partial charge in [0.1, 0.15) is 42.7 Å². The normalized spacial score (nSPS) is 50.0. The van der Waals surface area contributed by atoms with Crippen molar-refractivity contribution < 1.29 is 49.6 Å². The van der Waals surface area contributed by atoms with Gasteiger partial charge in [0, 0.05) is 6.61 Å². The van der Waals surface area contributed by atoms with Crippen LogP contribution in [0.3, 0.4) is 0 Å². The van der Waals surface area contributed by atoms with Gasteiger partial charge in [-0.25, -0.2) is 0 Å². The monoisotopic (exact) mass is 354 g/mol. The van der Waals surface area contributed by atoms with Crippen LogP contribution in [0.2, 0.25) is 0 Å². The van der Waals surface area contributed by atoms with E-state index in [0.29, 0.717) is 0 Å². The van der Waals surface area contributed by atoms with Crippen molar-refractivity contribution in [1.82, 2.24) is 0 Å². The summed E-state index contributed by atoms with van der Waals surface area (Å²) in [7, 11) is 0. The summed E-state index contributed by atoms with van der Waals surface area (Å²) < 4.78 is 21.1. The van der Waals surface area contributed by atoms with E-state index < -0.39 is 61.4 Å². The Morgan fingerprint density at radius 3 is 1.83 bits per heavy atom. The van der Waals surface area contributed by atoms with Gasteiger partial charge in [-0.15, -0.1) is 0 Å². The fraction of sp³-hybridized carbons (Fsp3) is 1.00. The van der Waals surface area contributed by atoms with Crippen LogP contribution in [0.5, 0.6) is 0 Å². The van der Waals surface area contributed by atoms with Gasteiger partial charge in [-0.05, 0) is 13.8 Å². The van der Waals surface area contributed by atoms with Crippen molar-refractivity contribution in [1.29, 1.82) is 0 Å². The van der Waals surface area contributed by atoms with E-state index in [1.807, 2.05) is 0 Å². The molecule has 0 aromatic rings. The van der Waals surface area contributed by atoms with E-state index in [4.69, 9.17) is 18.9 Å². The Kier molecular flexibility index (Phi) is 6.90. The fourth-order valence-electron chi connectivity index (χ4n) is 2.70. The molecule has 2 aliphatic rings. The molecule has 0 unspecified atom stereocenters. The molecule has 2 aliphatic heterocycles. The lowest BCUT2D eigenvalue weighted by atomic mass is 9.98. The molecule has 0 radical (unpaired) electrons. The van der Waals surface area contributed by atoms with Gasteiger partial charge in [0.05, 0.1) is 12.7 Å². The lowest BCUT2D eigenvalue weighted by Gasteiger charge is -2.42. The summed E-state index contributed by atoms with van der Waals surface area (Å²) in [5, 5.41) is 58.8. The van der Waals surface area contributed by atoms with Gasteiger partial charge in [0.2, 0.25) is 0 Å². The molecule has 0 aromatic carbocycles. The molecule has 0 saturated carbocycles. The predicted octanol–water partition coefficient (Wildman–Crippen LogP) is -3.33. The Hall–Kier alpha value is -0.400. The first-order valence-electron chi connectivity index (χ1n) is 7.90. The average Bonchev–Trinajstić information content (AvgIpc) is 2.56. The lowest BCUT2D eigenvalue weighted by molar-refractivity contribution is -0.327. The van der Waals surface area contributed by atoms with Crippen molar-refractivity contribution >= 4 is 0 Å². The molecule has 2 fully saturated rings. The van der Waals surface area contributed by atoms with Crippen LogP contribution in [-0.4, -0.2) is 105 Å². The second kappa shape index (κ2) is 8.32. The first-order valence-corrected chi connectivity index (χ1v) is 7.90. The van der Waals surface area contributed by atoms with Gasteiger partial charge in [-0.2, -0.15) is 0 Å². The first kappa shape index (κ1) is 19.9. The Bertz CT molecular complexity index is 396. The lowest BCUT2D eigenvalue weighted by Crippen LogP contribution is -2.61. The largest absolute Gasteiger partial charge is 0.388 e. The van der Waals surface area contributed by atoms with E-state index in [0.717, 1.165) is 0 Å². The maximum Gasteiger partial charge on any atom is 0.186 e. The molecule has 24 heavy (non-hydrogen) atoms. The fourth-order valence-corrected chi connectivity index (χ4v) is 2.70. The SMILES string of the molecule is CCO[C@@H]1O[C@H](CO[C@@H]2O[C@@H](C)[C@H](O)[C@@H](O)[C@H]2O)[C@@H](O)[C@H](O)[C@H]1O. The molecule has 10 atom stereocenters. The summed E-state index contributed by atoms with van der Waals surface area (Å²) in [6.45, 7) is 3.11. The summed E-state index contributed by atoms with van der Waals surface area (Å²) in [5.74, 6) is 0. The number of aliphatic hydroxyl groups is 6. The van der Waals surface area contributed by atoms with E-state index in [-0.39, 0.29) is 13.2 Å². The Balaban J connectivity index is 1.94. The summed E-state index contributed by atoms with van der Waals surface area (Å²) in [6, 6.07) is 0. The van der Waals surface area contributed by atoms with Gasteiger partial charge >= 0.3 is 0 Å². The molecule has 10 heteroatoms. The Labute approximate surface area is 139 Å². The van der Waals surface area contributed by atoms with E-state index >= 15 is 0 Å². The van der Waals surface area contributed by atoms with Gasteiger partial charge in [0.15, 0.2) is 12.6 Å². The van der Waals surface area contributed by atoms with Crippen molar-refractivity contribution in [3.05, 3.63) is 0 Å². The van der Waals surface area contributed by atoms with E-state index in [9.17, 15) is 30.6 Å². The molecule has 0 amide bonds. The number of aliphatic hydroxyl groups excluding tert-OH is 6. The summed E-state index contributed by atoms with van der Waals surface area (Å²) >= 11 is 0. The highest BCUT2D eigenvalue weighted by Gasteiger charge is 2.46. The van der Waals surface area contributed by atoms with Crippen molar-refractivity contribution in [3.8, 4) is 0 Å². The van der Waals surface area contributed by atoms with E-state index in [2.05, 4.69) is 0 Å². The summed E-state index contributed by atoms with van der Waals surface area (Å²) in [5.41, 5.74) is 0. The van der Waals surface area contributed by atoms with Crippen LogP contribution in [0.4, 0.5) is 0 Å². The maximum absolute atomic E-state index is 9.97. The summed E-state index contributed by atoms with van der Waals surface area (Å²) in [6.07, 6.45) is -12.7. The molecule has 0 bridgehead atoms. The standard InChI is InChI=1S/C14H26O10/c1-3-21-13-12(20)10(18)8(16)6(24-13)4-22-14-11(19)9(17)7(15)5(2)23-14/h5-20H,3-4H2,1-2H3/t5-,6+,7-,8+,9+,10-,11+,12+,13+,14+/m0/s1. The highest BCUT2D eigenvalue weighted by Crippen LogP contribution is 2.25. The second-order valence-electron chi connectivity index (χ2n) is 5.98. The topological polar surface area (TPSA) is 158 Å². The molecular formula is C14H26O10. The Morgan fingerprint density at radius 2 is 1.25 bits per heavy atom. The van der Waals surface area contributed by atoms with Gasteiger partial charge in [-0.1, -0.05) is 0 Å². The van der Waals surface area contributed by atoms with Crippen molar-refractivity contribution in [2.24, 2.45) is 0 Å². The number of rotatable bonds is 5. The van der Waals surface area contributed by atoms with Crippen LogP contribution in [0.25, 0.3) is 0 Å². The molecule has 6 N–H and O–H groups in total. The molecular weight excluding hydrogens is 328 g/mol. The zero-order chi connectivity index (χ0) is 18.0. The van der Waals surface area contributed by atoms with Crippen molar-refractivity contribution in [2.45, 2.75) is 75.3 Å². The van der Waals surface area contributed by atoms with Crippen molar-refractivity contribution in [3.63, 3.8) is 0 Å². The minimum atomic E-state index is -1.49. The smallest absolute Gasteiger partial charge is 0.186 e. The number of hydrogen-bond acceptors (Lipinski definition) is 10. The highest BCUT2D eigenvalue weighted by molar-refractivity contribution is 4.90. The third kappa shape index (κ3) is 4.05. The van der Waals surface area contributed by atoms with Crippen LogP contribution in [0.15, 0.2) is 0 Å². The number of hydrogen-bond donors (Lipinski definition) is 6. The minimum Gasteiger partial charge on any atom is -0.388 e. The van der Waals surface area contributed by atoms with Crippen LogP contribution < -0.4 is 0 Å². The quantitative estimate of drug-likeness (QED) is 0.295. The van der Waals surface area contributed by atoms with Gasteiger partial charge < -0.3 is 49.6 Å². The maximum atomic E-state index is 9.97. The van der Waals surface area contributed by atoms with Crippen LogP contribution in [0, 0.1) is 0 Å². The van der Waals surface area contributed by atoms with Crippen LogP contribution in [0.1, 0.15) is 13.8 Å². The van der Waals surface area contributed by atoms with E-state index in [1.54, 1.807) is 6.92 Å². The molecule has 2 saturated heterocycles. The van der Waals surface area contributed by atoms with E-state index in [1.165, 1.54) is 6.92 Å². The third-order valence-corrected chi connectivity index (χ3v) is 4.23. The third-order valence-electron chi connectivity index (χ3n) is 4.23. The predicted molar refractivity (Wildman–Crippen MR) is 76.6 cm³/mol. The zero-order valence-electron chi connectivity index (χ0n) is 13.5. The molecule has 10 nitrogen and oxygen atoms in total. The van der Waals surface area contributed by atoms with Crippen LogP contribution >= 0.6 is 0 Å². The molecule has 2 heterocycles. The van der Waals surface area contributed by atoms with Gasteiger partial charge in [0.25, 0.3) is 0 Å². The number of ether oxygens (including phenoxy) is 4. The molecule has 2 rings (SSSR count). The van der Waals surface area contributed by atoms with Crippen LogP contribution in [-0.2, 0) is 18.9 Å². The first-order chi connectivity index (χ1) is 11.3. The molecule has 142 valence electrons. The molecule has 0 aliphatic carbocycles. The second-order valence-corrected chi connectivity index (χ2v) is 5.98. The highest BCUT2D eigenvalue weighted by atomic mass is 16.7. The average molecular weight is 354 g/mol. The van der Waals surface area contributed by atoms with Gasteiger partial charge in [-0.3, -0.25) is 0 Å². The minimum absolute atomic E-state index is 0.226. The zero-order valence-corrected chi connectivity index (χ0v) is 13.5.